The van der Waals surface area contributed by atoms with Gasteiger partial charge in [0, 0.05) is 4.47 Å². The summed E-state index contributed by atoms with van der Waals surface area (Å²) in [6.07, 6.45) is 0.650. The number of hydrogen-bond donors (Lipinski definition) is 2. The minimum absolute atomic E-state index is 0.0941. The Morgan fingerprint density at radius 3 is 2.57 bits per heavy atom. The average molecular weight is 377 g/mol. The lowest BCUT2D eigenvalue weighted by Gasteiger charge is -2.07. The maximum absolute atomic E-state index is 12.2. The van der Waals surface area contributed by atoms with E-state index in [4.69, 9.17) is 4.74 Å². The van der Waals surface area contributed by atoms with E-state index in [1.165, 1.54) is 6.07 Å². The molecule has 23 heavy (non-hydrogen) atoms. The molecular weight excluding hydrogens is 360 g/mol. The molecule has 0 atom stereocenters. The van der Waals surface area contributed by atoms with E-state index in [1.54, 1.807) is 19.2 Å². The summed E-state index contributed by atoms with van der Waals surface area (Å²) in [5.74, 6) is 0.193. The van der Waals surface area contributed by atoms with Crippen LogP contribution in [-0.4, -0.2) is 23.8 Å². The van der Waals surface area contributed by atoms with E-state index in [1.807, 2.05) is 31.2 Å². The molecule has 120 valence electrons. The van der Waals surface area contributed by atoms with Crippen molar-refractivity contribution in [2.45, 2.75) is 13.3 Å². The fourth-order valence-electron chi connectivity index (χ4n) is 2.00. The number of halogens is 1. The topological polar surface area (TPSA) is 70.9 Å². The number of carbonyl (C=O) groups is 1. The van der Waals surface area contributed by atoms with E-state index < -0.39 is 5.91 Å². The predicted octanol–water partition coefficient (Wildman–Crippen LogP) is 3.71. The van der Waals surface area contributed by atoms with Crippen LogP contribution in [0.1, 0.15) is 29.3 Å². The molecule has 2 N–H and O–H groups in total. The standard InChI is InChI=1S/C17H17BrN2O3/c1-3-15(11-4-7-13(23-2)8-5-11)19-20-17(22)14-10-12(18)6-9-16(14)21/h4-10,21H,3H2,1-2H3,(H,20,22)/b19-15-. The second-order valence-corrected chi connectivity index (χ2v) is 5.66. The fraction of sp³-hybridized carbons (Fsp3) is 0.176. The van der Waals surface area contributed by atoms with Crippen LogP contribution >= 0.6 is 15.9 Å². The van der Waals surface area contributed by atoms with E-state index in [0.717, 1.165) is 17.0 Å². The first-order chi connectivity index (χ1) is 11.0. The van der Waals surface area contributed by atoms with Gasteiger partial charge in [-0.1, -0.05) is 22.9 Å². The molecule has 0 saturated carbocycles. The van der Waals surface area contributed by atoms with Crippen LogP contribution in [0.5, 0.6) is 11.5 Å². The molecule has 0 radical (unpaired) electrons. The number of methoxy groups -OCH3 is 1. The Hall–Kier alpha value is -2.34. The van der Waals surface area contributed by atoms with Crippen molar-refractivity contribution in [2.75, 3.05) is 7.11 Å². The summed E-state index contributed by atoms with van der Waals surface area (Å²) in [6, 6.07) is 12.1. The third-order valence-corrected chi connectivity index (χ3v) is 3.75. The first-order valence-electron chi connectivity index (χ1n) is 7.05. The first kappa shape index (κ1) is 17.0. The molecule has 0 aliphatic heterocycles. The third-order valence-electron chi connectivity index (χ3n) is 3.25. The van der Waals surface area contributed by atoms with Crippen molar-refractivity contribution in [2.24, 2.45) is 5.10 Å². The third kappa shape index (κ3) is 4.32. The maximum Gasteiger partial charge on any atom is 0.275 e. The van der Waals surface area contributed by atoms with Gasteiger partial charge in [-0.05, 0) is 54.4 Å². The summed E-state index contributed by atoms with van der Waals surface area (Å²) >= 11 is 3.27. The number of benzene rings is 2. The van der Waals surface area contributed by atoms with E-state index in [0.29, 0.717) is 10.9 Å². The van der Waals surface area contributed by atoms with E-state index in [2.05, 4.69) is 26.5 Å². The number of ether oxygens (including phenoxy) is 1. The van der Waals surface area contributed by atoms with E-state index in [-0.39, 0.29) is 11.3 Å². The van der Waals surface area contributed by atoms with Crippen LogP contribution in [0.2, 0.25) is 0 Å². The van der Waals surface area contributed by atoms with Gasteiger partial charge in [-0.2, -0.15) is 5.10 Å². The van der Waals surface area contributed by atoms with Gasteiger partial charge in [-0.3, -0.25) is 4.79 Å². The number of carbonyl (C=O) groups excluding carboxylic acids is 1. The van der Waals surface area contributed by atoms with Crippen LogP contribution in [0.25, 0.3) is 0 Å². The molecule has 0 spiro atoms. The highest BCUT2D eigenvalue weighted by Crippen LogP contribution is 2.21. The highest BCUT2D eigenvalue weighted by atomic mass is 79.9. The zero-order valence-electron chi connectivity index (χ0n) is 12.8. The lowest BCUT2D eigenvalue weighted by Crippen LogP contribution is -2.20. The molecule has 0 aromatic heterocycles. The van der Waals surface area contributed by atoms with Crippen molar-refractivity contribution in [3.63, 3.8) is 0 Å². The van der Waals surface area contributed by atoms with Gasteiger partial charge in [0.05, 0.1) is 18.4 Å². The molecule has 0 fully saturated rings. The molecule has 2 aromatic rings. The van der Waals surface area contributed by atoms with Gasteiger partial charge < -0.3 is 9.84 Å². The zero-order chi connectivity index (χ0) is 16.8. The van der Waals surface area contributed by atoms with Crippen LogP contribution in [0.3, 0.4) is 0 Å². The van der Waals surface area contributed by atoms with Gasteiger partial charge in [0.1, 0.15) is 11.5 Å². The van der Waals surface area contributed by atoms with Gasteiger partial charge in [-0.15, -0.1) is 0 Å². The molecule has 0 unspecified atom stereocenters. The molecule has 2 rings (SSSR count). The van der Waals surface area contributed by atoms with Gasteiger partial charge >= 0.3 is 0 Å². The lowest BCUT2D eigenvalue weighted by atomic mass is 10.1. The van der Waals surface area contributed by atoms with Gasteiger partial charge in [0.2, 0.25) is 0 Å². The summed E-state index contributed by atoms with van der Waals surface area (Å²) < 4.78 is 5.83. The van der Waals surface area contributed by atoms with Crippen molar-refractivity contribution in [1.29, 1.82) is 0 Å². The number of amides is 1. The number of aromatic hydroxyl groups is 1. The molecule has 1 amide bonds. The quantitative estimate of drug-likeness (QED) is 0.617. The molecule has 0 bridgehead atoms. The van der Waals surface area contributed by atoms with Crippen LogP contribution in [0.15, 0.2) is 52.0 Å². The fourth-order valence-corrected chi connectivity index (χ4v) is 2.36. The largest absolute Gasteiger partial charge is 0.507 e. The minimum atomic E-state index is -0.469. The van der Waals surface area contributed by atoms with Gasteiger partial charge in [0.15, 0.2) is 0 Å². The summed E-state index contributed by atoms with van der Waals surface area (Å²) in [4.78, 5) is 12.2. The zero-order valence-corrected chi connectivity index (χ0v) is 14.4. The molecule has 0 aliphatic rings. The first-order valence-corrected chi connectivity index (χ1v) is 7.84. The Morgan fingerprint density at radius 1 is 1.26 bits per heavy atom. The Labute approximate surface area is 143 Å². The molecule has 0 saturated heterocycles. The van der Waals surface area contributed by atoms with Crippen molar-refractivity contribution >= 4 is 27.5 Å². The van der Waals surface area contributed by atoms with E-state index in [9.17, 15) is 9.90 Å². The second kappa shape index (κ2) is 7.78. The number of hydrazone groups is 1. The monoisotopic (exact) mass is 376 g/mol. The maximum atomic E-state index is 12.2. The molecule has 6 heteroatoms. The highest BCUT2D eigenvalue weighted by Gasteiger charge is 2.11. The number of nitrogens with zero attached hydrogens (tertiary/aromatic N) is 1. The highest BCUT2D eigenvalue weighted by molar-refractivity contribution is 9.10. The van der Waals surface area contributed by atoms with Crippen LogP contribution in [-0.2, 0) is 0 Å². The molecule has 0 aliphatic carbocycles. The number of hydrogen-bond acceptors (Lipinski definition) is 4. The van der Waals surface area contributed by atoms with E-state index >= 15 is 0 Å². The number of phenols is 1. The summed E-state index contributed by atoms with van der Waals surface area (Å²) in [7, 11) is 1.61. The summed E-state index contributed by atoms with van der Waals surface area (Å²) in [5, 5.41) is 13.9. The minimum Gasteiger partial charge on any atom is -0.507 e. The van der Waals surface area contributed by atoms with Crippen molar-refractivity contribution in [1.82, 2.24) is 5.43 Å². The van der Waals surface area contributed by atoms with Gasteiger partial charge in [0.25, 0.3) is 5.91 Å². The summed E-state index contributed by atoms with van der Waals surface area (Å²) in [5.41, 5.74) is 4.27. The SMILES string of the molecule is CC/C(=N/NC(=O)c1cc(Br)ccc1O)c1ccc(OC)cc1. The normalized spacial score (nSPS) is 11.2. The Morgan fingerprint density at radius 2 is 1.96 bits per heavy atom. The summed E-state index contributed by atoms with van der Waals surface area (Å²) in [6.45, 7) is 1.95. The smallest absolute Gasteiger partial charge is 0.275 e. The Kier molecular flexibility index (Phi) is 5.76. The Balaban J connectivity index is 2.18. The lowest BCUT2D eigenvalue weighted by molar-refractivity contribution is 0.0952. The van der Waals surface area contributed by atoms with Crippen LogP contribution < -0.4 is 10.2 Å². The predicted molar refractivity (Wildman–Crippen MR) is 93.1 cm³/mol. The molecule has 5 nitrogen and oxygen atoms in total. The second-order valence-electron chi connectivity index (χ2n) is 4.74. The van der Waals surface area contributed by atoms with Crippen LogP contribution in [0, 0.1) is 0 Å². The number of phenolic OH excluding ortho intramolecular Hbond substituents is 1. The molecule has 0 heterocycles. The average Bonchev–Trinajstić information content (AvgIpc) is 2.58. The van der Waals surface area contributed by atoms with Crippen molar-refractivity contribution in [3.05, 3.63) is 58.1 Å². The van der Waals surface area contributed by atoms with Crippen molar-refractivity contribution < 1.29 is 14.6 Å². The Bertz CT molecular complexity index is 727. The van der Waals surface area contributed by atoms with Gasteiger partial charge in [-0.25, -0.2) is 5.43 Å². The van der Waals surface area contributed by atoms with Crippen LogP contribution in [0.4, 0.5) is 0 Å². The number of nitrogens with one attached hydrogen (secondary N) is 1. The number of rotatable bonds is 5. The van der Waals surface area contributed by atoms with Crippen molar-refractivity contribution in [3.8, 4) is 11.5 Å². The molecular formula is C17H17BrN2O3. The molecule has 2 aromatic carbocycles.